The molecular formula is C21H25N5. The van der Waals surface area contributed by atoms with Gasteiger partial charge in [0, 0.05) is 36.6 Å². The fourth-order valence-electron chi connectivity index (χ4n) is 2.57. The van der Waals surface area contributed by atoms with Crippen LogP contribution in [0.1, 0.15) is 25.8 Å². The van der Waals surface area contributed by atoms with Crippen LogP contribution in [-0.2, 0) is 6.42 Å². The van der Waals surface area contributed by atoms with Crippen molar-refractivity contribution in [2.45, 2.75) is 32.7 Å². The zero-order valence-electron chi connectivity index (χ0n) is 15.3. The van der Waals surface area contributed by atoms with E-state index >= 15 is 0 Å². The van der Waals surface area contributed by atoms with Crippen LogP contribution in [0.4, 0.5) is 11.8 Å². The summed E-state index contributed by atoms with van der Waals surface area (Å²) < 4.78 is 0. The van der Waals surface area contributed by atoms with Gasteiger partial charge >= 0.3 is 0 Å². The highest BCUT2D eigenvalue weighted by Gasteiger charge is 2.08. The van der Waals surface area contributed by atoms with Crippen molar-refractivity contribution in [2.75, 3.05) is 17.2 Å². The van der Waals surface area contributed by atoms with Crippen LogP contribution in [0.5, 0.6) is 0 Å². The van der Waals surface area contributed by atoms with Crippen LogP contribution >= 0.6 is 0 Å². The molecule has 0 aliphatic heterocycles. The molecule has 0 fully saturated rings. The molecule has 3 aromatic rings. The van der Waals surface area contributed by atoms with Gasteiger partial charge in [-0.2, -0.15) is 4.98 Å². The third-order valence-electron chi connectivity index (χ3n) is 4.25. The molecule has 2 N–H and O–H groups in total. The molecule has 2 heterocycles. The molecule has 0 radical (unpaired) electrons. The summed E-state index contributed by atoms with van der Waals surface area (Å²) in [6.07, 6.45) is 5.52. The van der Waals surface area contributed by atoms with Gasteiger partial charge in [-0.25, -0.2) is 4.98 Å². The number of benzene rings is 1. The molecular weight excluding hydrogens is 322 g/mol. The lowest BCUT2D eigenvalue weighted by molar-refractivity contribution is 0.753. The van der Waals surface area contributed by atoms with Gasteiger partial charge in [0.1, 0.15) is 5.82 Å². The van der Waals surface area contributed by atoms with Crippen LogP contribution in [0.3, 0.4) is 0 Å². The van der Waals surface area contributed by atoms with Crippen molar-refractivity contribution >= 4 is 11.8 Å². The van der Waals surface area contributed by atoms with E-state index in [1.165, 1.54) is 5.56 Å². The molecule has 134 valence electrons. The average molecular weight is 347 g/mol. The van der Waals surface area contributed by atoms with Gasteiger partial charge in [-0.3, -0.25) is 4.98 Å². The van der Waals surface area contributed by atoms with Crippen LogP contribution in [0.15, 0.2) is 60.9 Å². The zero-order valence-corrected chi connectivity index (χ0v) is 15.3. The first-order valence-electron chi connectivity index (χ1n) is 9.08. The number of nitrogens with zero attached hydrogens (tertiary/aromatic N) is 3. The molecule has 0 bridgehead atoms. The molecule has 1 aromatic carbocycles. The molecule has 2 aromatic heterocycles. The first-order valence-corrected chi connectivity index (χ1v) is 9.08. The fraction of sp³-hybridized carbons (Fsp3) is 0.286. The van der Waals surface area contributed by atoms with Crippen LogP contribution in [0, 0.1) is 0 Å². The van der Waals surface area contributed by atoms with Crippen LogP contribution in [0.2, 0.25) is 0 Å². The summed E-state index contributed by atoms with van der Waals surface area (Å²) in [7, 11) is 0. The number of rotatable bonds is 8. The van der Waals surface area contributed by atoms with E-state index in [0.29, 0.717) is 12.0 Å². The predicted octanol–water partition coefficient (Wildman–Crippen LogP) is 4.40. The summed E-state index contributed by atoms with van der Waals surface area (Å²) in [6.45, 7) is 5.09. The molecule has 0 saturated heterocycles. The maximum Gasteiger partial charge on any atom is 0.225 e. The first-order chi connectivity index (χ1) is 12.7. The lowest BCUT2D eigenvalue weighted by Gasteiger charge is -2.14. The highest BCUT2D eigenvalue weighted by molar-refractivity contribution is 5.63. The van der Waals surface area contributed by atoms with Crippen LogP contribution < -0.4 is 10.6 Å². The van der Waals surface area contributed by atoms with Crippen molar-refractivity contribution < 1.29 is 0 Å². The summed E-state index contributed by atoms with van der Waals surface area (Å²) in [5.41, 5.74) is 3.22. The molecule has 0 saturated carbocycles. The number of aromatic nitrogens is 3. The smallest absolute Gasteiger partial charge is 0.225 e. The lowest BCUT2D eigenvalue weighted by Crippen LogP contribution is -2.17. The second-order valence-electron chi connectivity index (χ2n) is 6.31. The van der Waals surface area contributed by atoms with E-state index in [1.54, 1.807) is 12.4 Å². The van der Waals surface area contributed by atoms with Gasteiger partial charge in [0.15, 0.2) is 0 Å². The minimum atomic E-state index is 0.319. The second kappa shape index (κ2) is 8.94. The number of anilines is 2. The highest BCUT2D eigenvalue weighted by atomic mass is 15.2. The molecule has 0 aliphatic carbocycles. The molecule has 1 atom stereocenters. The Morgan fingerprint density at radius 3 is 2.50 bits per heavy atom. The van der Waals surface area contributed by atoms with Crippen LogP contribution in [-0.4, -0.2) is 27.5 Å². The monoisotopic (exact) mass is 347 g/mol. The van der Waals surface area contributed by atoms with Gasteiger partial charge in [0.05, 0.1) is 5.69 Å². The molecule has 5 nitrogen and oxygen atoms in total. The Labute approximate surface area is 154 Å². The zero-order chi connectivity index (χ0) is 18.2. The molecule has 3 rings (SSSR count). The predicted molar refractivity (Wildman–Crippen MR) is 107 cm³/mol. The maximum atomic E-state index is 4.67. The number of hydrogen-bond donors (Lipinski definition) is 2. The standard InChI is InChI=1S/C21H25N5/c1-3-16(2)24-21-25-19(18-10-12-22-13-11-18)15-20(26-21)23-14-9-17-7-5-4-6-8-17/h4-8,10-13,15-16H,3,9,14H2,1-2H3,(H2,23,24,25,26)/t16-/m1/s1. The summed E-state index contributed by atoms with van der Waals surface area (Å²) in [5, 5.41) is 6.80. The summed E-state index contributed by atoms with van der Waals surface area (Å²) >= 11 is 0. The van der Waals surface area contributed by atoms with Gasteiger partial charge < -0.3 is 10.6 Å². The molecule has 0 aliphatic rings. The Kier molecular flexibility index (Phi) is 6.14. The van der Waals surface area contributed by atoms with E-state index in [0.717, 1.165) is 36.5 Å². The number of pyridine rings is 1. The third-order valence-corrected chi connectivity index (χ3v) is 4.25. The molecule has 0 amide bonds. The van der Waals surface area contributed by atoms with Crippen molar-refractivity contribution in [1.82, 2.24) is 15.0 Å². The fourth-order valence-corrected chi connectivity index (χ4v) is 2.57. The largest absolute Gasteiger partial charge is 0.370 e. The normalized spacial score (nSPS) is 11.8. The summed E-state index contributed by atoms with van der Waals surface area (Å²) in [4.78, 5) is 13.4. The molecule has 0 spiro atoms. The Bertz CT molecular complexity index is 805. The van der Waals surface area contributed by atoms with Gasteiger partial charge in [-0.05, 0) is 37.5 Å². The Morgan fingerprint density at radius 1 is 1.00 bits per heavy atom. The SMILES string of the molecule is CC[C@@H](C)Nc1nc(NCCc2ccccc2)cc(-c2ccncc2)n1. The van der Waals surface area contributed by atoms with Crippen molar-refractivity contribution in [1.29, 1.82) is 0 Å². The second-order valence-corrected chi connectivity index (χ2v) is 6.31. The summed E-state index contributed by atoms with van der Waals surface area (Å²) in [5.74, 6) is 1.48. The third kappa shape index (κ3) is 5.02. The van der Waals surface area contributed by atoms with E-state index < -0.39 is 0 Å². The van der Waals surface area contributed by atoms with Crippen molar-refractivity contribution in [3.05, 3.63) is 66.5 Å². The van der Waals surface area contributed by atoms with Crippen molar-refractivity contribution in [3.8, 4) is 11.3 Å². The van der Waals surface area contributed by atoms with Gasteiger partial charge in [-0.1, -0.05) is 37.3 Å². The Morgan fingerprint density at radius 2 is 1.77 bits per heavy atom. The van der Waals surface area contributed by atoms with Gasteiger partial charge in [0.25, 0.3) is 0 Å². The van der Waals surface area contributed by atoms with E-state index in [2.05, 4.69) is 63.7 Å². The first kappa shape index (κ1) is 17.9. The van der Waals surface area contributed by atoms with Gasteiger partial charge in [-0.15, -0.1) is 0 Å². The Hall–Kier alpha value is -2.95. The number of nitrogens with one attached hydrogen (secondary N) is 2. The average Bonchev–Trinajstić information content (AvgIpc) is 2.69. The minimum Gasteiger partial charge on any atom is -0.370 e. The molecule has 26 heavy (non-hydrogen) atoms. The lowest BCUT2D eigenvalue weighted by atomic mass is 10.1. The Balaban J connectivity index is 1.77. The van der Waals surface area contributed by atoms with Crippen LogP contribution in [0.25, 0.3) is 11.3 Å². The van der Waals surface area contributed by atoms with E-state index in [1.807, 2.05) is 24.3 Å². The number of hydrogen-bond acceptors (Lipinski definition) is 5. The summed E-state index contributed by atoms with van der Waals surface area (Å²) in [6, 6.07) is 16.7. The molecule has 0 unspecified atom stereocenters. The van der Waals surface area contributed by atoms with Gasteiger partial charge in [0.2, 0.25) is 5.95 Å². The maximum absolute atomic E-state index is 4.67. The minimum absolute atomic E-state index is 0.319. The quantitative estimate of drug-likeness (QED) is 0.632. The topological polar surface area (TPSA) is 62.7 Å². The van der Waals surface area contributed by atoms with E-state index in [-0.39, 0.29) is 0 Å². The van der Waals surface area contributed by atoms with E-state index in [9.17, 15) is 0 Å². The molecule has 5 heteroatoms. The van der Waals surface area contributed by atoms with Crippen molar-refractivity contribution in [2.24, 2.45) is 0 Å². The van der Waals surface area contributed by atoms with E-state index in [4.69, 9.17) is 0 Å². The highest BCUT2D eigenvalue weighted by Crippen LogP contribution is 2.21. The van der Waals surface area contributed by atoms with Crippen molar-refractivity contribution in [3.63, 3.8) is 0 Å².